The van der Waals surface area contributed by atoms with E-state index in [-0.39, 0.29) is 24.5 Å². The first-order chi connectivity index (χ1) is 8.95. The molecule has 0 fully saturated rings. The number of ether oxygens (including phenoxy) is 1. The van der Waals surface area contributed by atoms with Crippen LogP contribution in [0.25, 0.3) is 0 Å². The van der Waals surface area contributed by atoms with Gasteiger partial charge in [-0.2, -0.15) is 0 Å². The predicted octanol–water partition coefficient (Wildman–Crippen LogP) is 0.576. The van der Waals surface area contributed by atoms with E-state index < -0.39 is 22.7 Å². The summed E-state index contributed by atoms with van der Waals surface area (Å²) in [5.41, 5.74) is 4.77. The monoisotopic (exact) mass is 271 g/mol. The molecule has 0 bridgehead atoms. The van der Waals surface area contributed by atoms with Gasteiger partial charge in [0.2, 0.25) is 5.91 Å². The van der Waals surface area contributed by atoms with Crippen LogP contribution in [0, 0.1) is 15.9 Å². The highest BCUT2D eigenvalue weighted by molar-refractivity contribution is 5.79. The highest BCUT2D eigenvalue weighted by Gasteiger charge is 2.17. The number of rotatable bonds is 7. The Bertz CT molecular complexity index is 481. The van der Waals surface area contributed by atoms with Crippen LogP contribution in [0.1, 0.15) is 6.42 Å². The fourth-order valence-corrected chi connectivity index (χ4v) is 1.47. The lowest BCUT2D eigenvalue weighted by atomic mass is 10.2. The molecule has 1 aromatic carbocycles. The zero-order chi connectivity index (χ0) is 14.4. The summed E-state index contributed by atoms with van der Waals surface area (Å²) in [4.78, 5) is 21.0. The number of primary amides is 1. The van der Waals surface area contributed by atoms with Gasteiger partial charge in [-0.1, -0.05) is 0 Å². The summed E-state index contributed by atoms with van der Waals surface area (Å²) < 4.78 is 18.1. The average Bonchev–Trinajstić information content (AvgIpc) is 2.33. The first kappa shape index (κ1) is 14.8. The molecule has 0 aromatic heterocycles. The van der Waals surface area contributed by atoms with E-state index in [2.05, 4.69) is 5.32 Å². The number of benzene rings is 1. The molecule has 0 radical (unpaired) electrons. The summed E-state index contributed by atoms with van der Waals surface area (Å²) >= 11 is 0. The number of halogens is 1. The smallest absolute Gasteiger partial charge is 0.311 e. The van der Waals surface area contributed by atoms with E-state index >= 15 is 0 Å². The number of amides is 1. The van der Waals surface area contributed by atoms with Crippen LogP contribution < -0.4 is 15.8 Å². The topological polar surface area (TPSA) is 107 Å². The summed E-state index contributed by atoms with van der Waals surface area (Å²) in [5, 5.41) is 13.4. The van der Waals surface area contributed by atoms with E-state index in [1.807, 2.05) is 0 Å². The number of carbonyl (C=O) groups is 1. The van der Waals surface area contributed by atoms with Gasteiger partial charge in [-0.15, -0.1) is 0 Å². The number of carbonyl (C=O) groups excluding carboxylic acids is 1. The van der Waals surface area contributed by atoms with Crippen molar-refractivity contribution in [3.05, 3.63) is 34.1 Å². The number of likely N-dealkylation sites (N-methyl/N-ethyl adjacent to an activating group) is 1. The molecule has 8 heteroatoms. The normalized spacial score (nSPS) is 11.9. The highest BCUT2D eigenvalue weighted by atomic mass is 19.1. The van der Waals surface area contributed by atoms with Crippen LogP contribution in [-0.2, 0) is 4.79 Å². The summed E-state index contributed by atoms with van der Waals surface area (Å²) in [7, 11) is 1.56. The lowest BCUT2D eigenvalue weighted by molar-refractivity contribution is -0.385. The zero-order valence-corrected chi connectivity index (χ0v) is 10.3. The minimum absolute atomic E-state index is 0.00125. The molecule has 19 heavy (non-hydrogen) atoms. The lowest BCUT2D eigenvalue weighted by Crippen LogP contribution is -2.40. The van der Waals surface area contributed by atoms with Crippen molar-refractivity contribution in [2.45, 2.75) is 12.5 Å². The number of nitrogens with one attached hydrogen (secondary N) is 1. The first-order valence-corrected chi connectivity index (χ1v) is 5.49. The molecule has 3 N–H and O–H groups in total. The Balaban J connectivity index is 2.69. The van der Waals surface area contributed by atoms with Crippen LogP contribution in [-0.4, -0.2) is 30.5 Å². The average molecular weight is 271 g/mol. The van der Waals surface area contributed by atoms with Crippen LogP contribution in [0.4, 0.5) is 10.1 Å². The highest BCUT2D eigenvalue weighted by Crippen LogP contribution is 2.27. The molecule has 7 nitrogen and oxygen atoms in total. The van der Waals surface area contributed by atoms with E-state index in [1.54, 1.807) is 7.05 Å². The van der Waals surface area contributed by atoms with Crippen molar-refractivity contribution in [1.29, 1.82) is 0 Å². The van der Waals surface area contributed by atoms with Crippen LogP contribution in [0.15, 0.2) is 18.2 Å². The number of nitrogens with zero attached hydrogens (tertiary/aromatic N) is 1. The van der Waals surface area contributed by atoms with Gasteiger partial charge in [0.25, 0.3) is 0 Å². The third-order valence-electron chi connectivity index (χ3n) is 2.47. The van der Waals surface area contributed by atoms with Gasteiger partial charge in [0, 0.05) is 18.6 Å². The van der Waals surface area contributed by atoms with Crippen LogP contribution in [0.2, 0.25) is 0 Å². The quantitative estimate of drug-likeness (QED) is 0.557. The van der Waals surface area contributed by atoms with Gasteiger partial charge in [0.1, 0.15) is 5.82 Å². The molecule has 1 atom stereocenters. The minimum atomic E-state index is -0.668. The zero-order valence-electron chi connectivity index (χ0n) is 10.3. The molecular formula is C11H14FN3O4. The van der Waals surface area contributed by atoms with Gasteiger partial charge in [-0.25, -0.2) is 4.39 Å². The van der Waals surface area contributed by atoms with E-state index in [0.29, 0.717) is 0 Å². The van der Waals surface area contributed by atoms with Crippen molar-refractivity contribution in [1.82, 2.24) is 5.32 Å². The largest absolute Gasteiger partial charge is 0.487 e. The van der Waals surface area contributed by atoms with Gasteiger partial charge >= 0.3 is 5.69 Å². The molecule has 104 valence electrons. The fraction of sp³-hybridized carbons (Fsp3) is 0.364. The van der Waals surface area contributed by atoms with Gasteiger partial charge in [-0.05, 0) is 13.1 Å². The standard InChI is InChI=1S/C11H14FN3O4/c1-14-8(11(13)16)4-5-19-10-6-7(12)2-3-9(10)15(17)18/h2-3,6,8,14H,4-5H2,1H3,(H2,13,16). The van der Waals surface area contributed by atoms with Gasteiger partial charge in [-0.3, -0.25) is 14.9 Å². The van der Waals surface area contributed by atoms with Crippen molar-refractivity contribution in [3.63, 3.8) is 0 Å². The number of hydrogen-bond donors (Lipinski definition) is 2. The van der Waals surface area contributed by atoms with Crippen LogP contribution >= 0.6 is 0 Å². The molecular weight excluding hydrogens is 257 g/mol. The van der Waals surface area contributed by atoms with Crippen molar-refractivity contribution in [2.24, 2.45) is 5.73 Å². The Morgan fingerprint density at radius 1 is 1.63 bits per heavy atom. The second kappa shape index (κ2) is 6.64. The van der Waals surface area contributed by atoms with Crippen molar-refractivity contribution < 1.29 is 18.8 Å². The van der Waals surface area contributed by atoms with E-state index in [0.717, 1.165) is 18.2 Å². The second-order valence-electron chi connectivity index (χ2n) is 3.75. The Hall–Kier alpha value is -2.22. The SMILES string of the molecule is CNC(CCOc1cc(F)ccc1[N+](=O)[O-])C(N)=O. The number of nitrogens with two attached hydrogens (primary N) is 1. The maximum atomic E-state index is 13.0. The molecule has 1 aromatic rings. The predicted molar refractivity (Wildman–Crippen MR) is 65.2 cm³/mol. The number of nitro groups is 1. The summed E-state index contributed by atoms with van der Waals surface area (Å²) in [6.45, 7) is -0.00125. The van der Waals surface area contributed by atoms with Crippen molar-refractivity contribution >= 4 is 11.6 Å². The Morgan fingerprint density at radius 3 is 2.84 bits per heavy atom. The van der Waals surface area contributed by atoms with Gasteiger partial charge < -0.3 is 15.8 Å². The van der Waals surface area contributed by atoms with E-state index in [1.165, 1.54) is 0 Å². The van der Waals surface area contributed by atoms with Gasteiger partial charge in [0.05, 0.1) is 17.6 Å². The molecule has 1 amide bonds. The molecule has 0 saturated carbocycles. The molecule has 0 aliphatic rings. The third kappa shape index (κ3) is 4.18. The molecule has 0 heterocycles. The maximum absolute atomic E-state index is 13.0. The number of nitro benzene ring substituents is 1. The molecule has 1 rings (SSSR count). The van der Waals surface area contributed by atoms with Crippen molar-refractivity contribution in [2.75, 3.05) is 13.7 Å². The molecule has 0 spiro atoms. The van der Waals surface area contributed by atoms with Crippen molar-refractivity contribution in [3.8, 4) is 5.75 Å². The molecule has 0 saturated heterocycles. The molecule has 0 aliphatic carbocycles. The first-order valence-electron chi connectivity index (χ1n) is 5.49. The lowest BCUT2D eigenvalue weighted by Gasteiger charge is -2.12. The summed E-state index contributed by atoms with van der Waals surface area (Å²) in [6, 6.07) is 2.32. The van der Waals surface area contributed by atoms with Crippen LogP contribution in [0.3, 0.4) is 0 Å². The van der Waals surface area contributed by atoms with E-state index in [9.17, 15) is 19.3 Å². The Labute approximate surface area is 108 Å². The molecule has 0 aliphatic heterocycles. The fourth-order valence-electron chi connectivity index (χ4n) is 1.47. The maximum Gasteiger partial charge on any atom is 0.311 e. The third-order valence-corrected chi connectivity index (χ3v) is 2.47. The van der Waals surface area contributed by atoms with E-state index in [4.69, 9.17) is 10.5 Å². The second-order valence-corrected chi connectivity index (χ2v) is 3.75. The number of hydrogen-bond acceptors (Lipinski definition) is 5. The molecule has 1 unspecified atom stereocenters. The summed E-state index contributed by atoms with van der Waals surface area (Å²) in [6.07, 6.45) is 0.222. The minimum Gasteiger partial charge on any atom is -0.487 e. The Morgan fingerprint density at radius 2 is 2.32 bits per heavy atom. The van der Waals surface area contributed by atoms with Crippen LogP contribution in [0.5, 0.6) is 5.75 Å². The summed E-state index contributed by atoms with van der Waals surface area (Å²) in [5.74, 6) is -1.37. The Kier molecular flexibility index (Phi) is 5.19. The van der Waals surface area contributed by atoms with Gasteiger partial charge in [0.15, 0.2) is 5.75 Å².